The Morgan fingerprint density at radius 2 is 2.17 bits per heavy atom. The number of aliphatic hydroxyl groups is 1. The minimum atomic E-state index is -0.148. The maximum absolute atomic E-state index is 12.4. The number of aryl methyl sites for hydroxylation is 1. The van der Waals surface area contributed by atoms with Crippen molar-refractivity contribution in [2.45, 2.75) is 32.7 Å². The Kier molecular flexibility index (Phi) is 3.73. The first kappa shape index (κ1) is 15.2. The van der Waals surface area contributed by atoms with Crippen molar-refractivity contribution < 1.29 is 14.3 Å². The number of fused-ring (bicyclic) bond motifs is 1. The molecule has 3 fully saturated rings. The van der Waals surface area contributed by atoms with Crippen molar-refractivity contribution in [3.8, 4) is 0 Å². The van der Waals surface area contributed by atoms with Crippen LogP contribution in [0.1, 0.15) is 30.8 Å². The lowest BCUT2D eigenvalue weighted by molar-refractivity contribution is -0.132. The molecule has 2 atom stereocenters. The predicted molar refractivity (Wildman–Crippen MR) is 85.7 cm³/mol. The van der Waals surface area contributed by atoms with Gasteiger partial charge in [0, 0.05) is 31.0 Å². The van der Waals surface area contributed by atoms with Gasteiger partial charge in [-0.2, -0.15) is 0 Å². The van der Waals surface area contributed by atoms with Gasteiger partial charge in [0.2, 0.25) is 5.91 Å². The first-order valence-corrected chi connectivity index (χ1v) is 8.77. The summed E-state index contributed by atoms with van der Waals surface area (Å²) in [7, 11) is 0. The summed E-state index contributed by atoms with van der Waals surface area (Å²) in [5, 5.41) is 10.1. The first-order chi connectivity index (χ1) is 11.1. The molecule has 5 heteroatoms. The van der Waals surface area contributed by atoms with E-state index in [1.165, 1.54) is 0 Å². The molecule has 4 rings (SSSR count). The lowest BCUT2D eigenvalue weighted by atomic mass is 9.74. The van der Waals surface area contributed by atoms with Gasteiger partial charge in [0.25, 0.3) is 0 Å². The number of carbonyl (C=O) groups is 1. The molecule has 1 aliphatic carbocycles. The van der Waals surface area contributed by atoms with Gasteiger partial charge in [-0.3, -0.25) is 9.69 Å². The van der Waals surface area contributed by atoms with Crippen molar-refractivity contribution in [2.75, 3.05) is 32.8 Å². The van der Waals surface area contributed by atoms with Gasteiger partial charge in [-0.05, 0) is 50.8 Å². The topological polar surface area (TPSA) is 56.9 Å². The van der Waals surface area contributed by atoms with E-state index in [4.69, 9.17) is 4.42 Å². The van der Waals surface area contributed by atoms with Crippen LogP contribution in [0.5, 0.6) is 0 Å². The smallest absolute Gasteiger partial charge is 0.225 e. The molecule has 2 saturated heterocycles. The molecule has 1 aromatic rings. The number of hydrogen-bond acceptors (Lipinski definition) is 4. The van der Waals surface area contributed by atoms with E-state index in [2.05, 4.69) is 4.90 Å². The highest BCUT2D eigenvalue weighted by atomic mass is 16.3. The van der Waals surface area contributed by atoms with Crippen LogP contribution in [0, 0.1) is 24.2 Å². The molecule has 23 heavy (non-hydrogen) atoms. The second kappa shape index (κ2) is 5.64. The first-order valence-electron chi connectivity index (χ1n) is 8.77. The van der Waals surface area contributed by atoms with Crippen LogP contribution in [-0.2, 0) is 11.3 Å². The zero-order chi connectivity index (χ0) is 16.0. The van der Waals surface area contributed by atoms with E-state index < -0.39 is 0 Å². The lowest BCUT2D eigenvalue weighted by Crippen LogP contribution is -2.50. The van der Waals surface area contributed by atoms with Gasteiger partial charge in [0.05, 0.1) is 13.2 Å². The summed E-state index contributed by atoms with van der Waals surface area (Å²) in [6, 6.07) is 4.03. The van der Waals surface area contributed by atoms with Gasteiger partial charge in [-0.25, -0.2) is 0 Å². The zero-order valence-corrected chi connectivity index (χ0v) is 13.8. The van der Waals surface area contributed by atoms with E-state index in [1.54, 1.807) is 0 Å². The van der Waals surface area contributed by atoms with Gasteiger partial charge in [-0.15, -0.1) is 0 Å². The molecular weight excluding hydrogens is 292 g/mol. The summed E-state index contributed by atoms with van der Waals surface area (Å²) < 4.78 is 5.69. The monoisotopic (exact) mass is 318 g/mol. The lowest BCUT2D eigenvalue weighted by Gasteiger charge is -2.42. The highest BCUT2D eigenvalue weighted by Gasteiger charge is 2.51. The summed E-state index contributed by atoms with van der Waals surface area (Å²) in [4.78, 5) is 16.8. The van der Waals surface area contributed by atoms with Crippen molar-refractivity contribution in [1.29, 1.82) is 0 Å². The van der Waals surface area contributed by atoms with Crippen LogP contribution in [0.15, 0.2) is 16.5 Å². The molecule has 1 N–H and O–H groups in total. The number of piperidine rings is 1. The Labute approximate surface area is 137 Å². The number of amides is 1. The standard InChI is InChI=1S/C18H26N2O3/c1-13-2-5-16(23-13)9-19-7-6-15-8-20(17(22)14-3-4-14)11-18(15,10-19)12-21/h2,5,14-15,21H,3-4,6-12H2,1H3. The van der Waals surface area contributed by atoms with Gasteiger partial charge in [0.15, 0.2) is 0 Å². The molecule has 3 heterocycles. The largest absolute Gasteiger partial charge is 0.465 e. The van der Waals surface area contributed by atoms with E-state index in [0.29, 0.717) is 11.8 Å². The molecule has 0 aromatic carbocycles. The van der Waals surface area contributed by atoms with E-state index in [9.17, 15) is 9.90 Å². The van der Waals surface area contributed by atoms with Crippen LogP contribution in [0.3, 0.4) is 0 Å². The number of aliphatic hydroxyl groups excluding tert-OH is 1. The Morgan fingerprint density at radius 3 is 2.83 bits per heavy atom. The highest BCUT2D eigenvalue weighted by molar-refractivity contribution is 5.81. The Bertz CT molecular complexity index is 595. The van der Waals surface area contributed by atoms with Crippen LogP contribution in [0.25, 0.3) is 0 Å². The average Bonchev–Trinajstić information content (AvgIpc) is 3.21. The SMILES string of the molecule is Cc1ccc(CN2CCC3CN(C(=O)C4CC4)CC3(CO)C2)o1. The third kappa shape index (κ3) is 2.81. The van der Waals surface area contributed by atoms with Crippen LogP contribution >= 0.6 is 0 Å². The van der Waals surface area contributed by atoms with Gasteiger partial charge in [-0.1, -0.05) is 0 Å². The van der Waals surface area contributed by atoms with Gasteiger partial charge >= 0.3 is 0 Å². The normalized spacial score (nSPS) is 31.4. The number of carbonyl (C=O) groups excluding carboxylic acids is 1. The molecule has 0 radical (unpaired) electrons. The van der Waals surface area contributed by atoms with E-state index in [0.717, 1.165) is 63.5 Å². The molecular formula is C18H26N2O3. The van der Waals surface area contributed by atoms with Gasteiger partial charge < -0.3 is 14.4 Å². The second-order valence-corrected chi connectivity index (χ2v) is 7.72. The fourth-order valence-electron chi connectivity index (χ4n) is 4.38. The van der Waals surface area contributed by atoms with Crippen LogP contribution < -0.4 is 0 Å². The van der Waals surface area contributed by atoms with Crippen LogP contribution in [-0.4, -0.2) is 53.6 Å². The van der Waals surface area contributed by atoms with Crippen molar-refractivity contribution in [3.63, 3.8) is 0 Å². The molecule has 3 aliphatic rings. The molecule has 0 bridgehead atoms. The van der Waals surface area contributed by atoms with Crippen molar-refractivity contribution in [2.24, 2.45) is 17.3 Å². The quantitative estimate of drug-likeness (QED) is 0.917. The Balaban J connectivity index is 1.45. The third-order valence-electron chi connectivity index (χ3n) is 5.87. The van der Waals surface area contributed by atoms with Crippen molar-refractivity contribution in [3.05, 3.63) is 23.7 Å². The average molecular weight is 318 g/mol. The molecule has 0 spiro atoms. The molecule has 5 nitrogen and oxygen atoms in total. The van der Waals surface area contributed by atoms with Crippen LogP contribution in [0.2, 0.25) is 0 Å². The number of likely N-dealkylation sites (tertiary alicyclic amines) is 2. The summed E-state index contributed by atoms with van der Waals surface area (Å²) in [5.74, 6) is 2.95. The number of rotatable bonds is 4. The second-order valence-electron chi connectivity index (χ2n) is 7.72. The third-order valence-corrected chi connectivity index (χ3v) is 5.87. The summed E-state index contributed by atoms with van der Waals surface area (Å²) in [6.45, 7) is 6.34. The molecule has 1 saturated carbocycles. The number of hydrogen-bond donors (Lipinski definition) is 1. The fraction of sp³-hybridized carbons (Fsp3) is 0.722. The van der Waals surface area contributed by atoms with E-state index in [-0.39, 0.29) is 17.9 Å². The summed E-state index contributed by atoms with van der Waals surface area (Å²) in [5.41, 5.74) is -0.148. The summed E-state index contributed by atoms with van der Waals surface area (Å²) in [6.07, 6.45) is 3.15. The number of furan rings is 1. The van der Waals surface area contributed by atoms with E-state index in [1.807, 2.05) is 24.0 Å². The maximum Gasteiger partial charge on any atom is 0.225 e. The molecule has 2 aliphatic heterocycles. The number of nitrogens with zero attached hydrogens (tertiary/aromatic N) is 2. The minimum Gasteiger partial charge on any atom is -0.465 e. The predicted octanol–water partition coefficient (Wildman–Crippen LogP) is 1.64. The molecule has 2 unspecified atom stereocenters. The van der Waals surface area contributed by atoms with Crippen molar-refractivity contribution in [1.82, 2.24) is 9.80 Å². The highest BCUT2D eigenvalue weighted by Crippen LogP contribution is 2.44. The summed E-state index contributed by atoms with van der Waals surface area (Å²) >= 11 is 0. The Morgan fingerprint density at radius 1 is 1.35 bits per heavy atom. The molecule has 1 aromatic heterocycles. The van der Waals surface area contributed by atoms with Crippen LogP contribution in [0.4, 0.5) is 0 Å². The van der Waals surface area contributed by atoms with E-state index >= 15 is 0 Å². The molecule has 126 valence electrons. The molecule has 1 amide bonds. The minimum absolute atomic E-state index is 0.148. The maximum atomic E-state index is 12.4. The fourth-order valence-corrected chi connectivity index (χ4v) is 4.38. The zero-order valence-electron chi connectivity index (χ0n) is 13.8. The van der Waals surface area contributed by atoms with Gasteiger partial charge in [0.1, 0.15) is 11.5 Å². The Hall–Kier alpha value is -1.33. The van der Waals surface area contributed by atoms with Crippen molar-refractivity contribution >= 4 is 5.91 Å².